The van der Waals surface area contributed by atoms with Crippen LogP contribution in [0.25, 0.3) is 0 Å². The fraction of sp³-hybridized carbons (Fsp3) is 1.00. The fourth-order valence-corrected chi connectivity index (χ4v) is 0.847. The highest BCUT2D eigenvalue weighted by molar-refractivity contribution is 4.46. The van der Waals surface area contributed by atoms with Gasteiger partial charge < -0.3 is 5.11 Å². The fourth-order valence-electron chi connectivity index (χ4n) is 0.847. The summed E-state index contributed by atoms with van der Waals surface area (Å²) in [5.41, 5.74) is 0. The van der Waals surface area contributed by atoms with Crippen molar-refractivity contribution in [2.24, 2.45) is 5.29 Å². The maximum Gasteiger partial charge on any atom is 0.0521 e. The van der Waals surface area contributed by atoms with Crippen molar-refractivity contribution in [2.45, 2.75) is 25.7 Å². The molecule has 0 aromatic rings. The molecule has 0 heterocycles. The summed E-state index contributed by atoms with van der Waals surface area (Å²) in [7, 11) is 1.67. The lowest BCUT2D eigenvalue weighted by atomic mass is 10.2. The predicted octanol–water partition coefficient (Wildman–Crippen LogP) is 1.15. The molecule has 0 aromatic carbocycles. The Labute approximate surface area is 67.1 Å². The maximum atomic E-state index is 9.86. The van der Waals surface area contributed by atoms with E-state index in [4.69, 9.17) is 5.11 Å². The second kappa shape index (κ2) is 7.47. The average Bonchev–Trinajstić information content (AvgIpc) is 2.04. The highest BCUT2D eigenvalue weighted by Gasteiger charge is 1.93. The molecule has 0 aliphatic rings. The van der Waals surface area contributed by atoms with E-state index >= 15 is 0 Å². The van der Waals surface area contributed by atoms with Gasteiger partial charge in [-0.3, -0.25) is 5.01 Å². The molecule has 0 amide bonds. The van der Waals surface area contributed by atoms with Gasteiger partial charge in [-0.2, -0.15) is 0 Å². The third-order valence-electron chi connectivity index (χ3n) is 1.53. The van der Waals surface area contributed by atoms with Crippen LogP contribution in [0.1, 0.15) is 25.7 Å². The molecular formula is C7H16N2O2. The Bertz CT molecular complexity index is 98.4. The van der Waals surface area contributed by atoms with Crippen LogP contribution in [0.5, 0.6) is 0 Å². The largest absolute Gasteiger partial charge is 0.396 e. The summed E-state index contributed by atoms with van der Waals surface area (Å²) < 4.78 is 0. The van der Waals surface area contributed by atoms with Gasteiger partial charge in [-0.05, 0) is 12.8 Å². The number of hydrogen-bond donors (Lipinski definition) is 1. The summed E-state index contributed by atoms with van der Waals surface area (Å²) in [4.78, 5) is 9.86. The minimum absolute atomic E-state index is 0.266. The summed E-state index contributed by atoms with van der Waals surface area (Å²) in [6.07, 6.45) is 3.92. The Morgan fingerprint density at radius 2 is 1.91 bits per heavy atom. The lowest BCUT2D eigenvalue weighted by Gasteiger charge is -2.06. The van der Waals surface area contributed by atoms with E-state index in [0.29, 0.717) is 0 Å². The molecule has 0 rings (SSSR count). The van der Waals surface area contributed by atoms with E-state index in [0.717, 1.165) is 32.2 Å². The Kier molecular flexibility index (Phi) is 7.03. The number of aliphatic hydroxyl groups excluding tert-OH is 1. The van der Waals surface area contributed by atoms with Gasteiger partial charge in [0, 0.05) is 20.2 Å². The number of hydrogen-bond acceptors (Lipinski definition) is 3. The first-order chi connectivity index (χ1) is 5.31. The first-order valence-corrected chi connectivity index (χ1v) is 3.96. The predicted molar refractivity (Wildman–Crippen MR) is 44.0 cm³/mol. The molecule has 0 aromatic heterocycles. The van der Waals surface area contributed by atoms with Crippen molar-refractivity contribution in [3.05, 3.63) is 4.91 Å². The summed E-state index contributed by atoms with van der Waals surface area (Å²) >= 11 is 0. The summed E-state index contributed by atoms with van der Waals surface area (Å²) in [6.45, 7) is 0.983. The van der Waals surface area contributed by atoms with Crippen LogP contribution in [0.15, 0.2) is 5.29 Å². The zero-order chi connectivity index (χ0) is 8.53. The minimum atomic E-state index is 0.266. The molecule has 0 spiro atoms. The van der Waals surface area contributed by atoms with Crippen LogP contribution in [0.3, 0.4) is 0 Å². The second-order valence-electron chi connectivity index (χ2n) is 2.60. The molecule has 0 radical (unpaired) electrons. The number of unbranched alkanes of at least 4 members (excludes halogenated alkanes) is 3. The minimum Gasteiger partial charge on any atom is -0.396 e. The molecular weight excluding hydrogens is 144 g/mol. The molecule has 0 bridgehead atoms. The second-order valence-corrected chi connectivity index (χ2v) is 2.60. The van der Waals surface area contributed by atoms with Crippen LogP contribution >= 0.6 is 0 Å². The first kappa shape index (κ1) is 10.4. The van der Waals surface area contributed by atoms with Gasteiger partial charge in [-0.25, -0.2) is 0 Å². The van der Waals surface area contributed by atoms with Crippen molar-refractivity contribution in [1.29, 1.82) is 0 Å². The highest BCUT2D eigenvalue weighted by atomic mass is 16.3. The molecule has 0 atom stereocenters. The van der Waals surface area contributed by atoms with Gasteiger partial charge in [-0.1, -0.05) is 12.8 Å². The van der Waals surface area contributed by atoms with Gasteiger partial charge in [0.15, 0.2) is 0 Å². The maximum absolute atomic E-state index is 9.86. The molecule has 0 unspecified atom stereocenters. The number of aliphatic hydroxyl groups is 1. The molecule has 0 aliphatic heterocycles. The molecule has 0 saturated heterocycles. The lowest BCUT2D eigenvalue weighted by Crippen LogP contribution is -2.10. The smallest absolute Gasteiger partial charge is 0.0521 e. The molecule has 4 heteroatoms. The number of nitrogens with zero attached hydrogens (tertiary/aromatic N) is 2. The van der Waals surface area contributed by atoms with E-state index in [9.17, 15) is 4.91 Å². The number of rotatable bonds is 7. The Hall–Kier alpha value is -0.640. The third kappa shape index (κ3) is 7.25. The van der Waals surface area contributed by atoms with E-state index < -0.39 is 0 Å². The van der Waals surface area contributed by atoms with E-state index in [-0.39, 0.29) is 6.61 Å². The van der Waals surface area contributed by atoms with Gasteiger partial charge in [0.2, 0.25) is 0 Å². The van der Waals surface area contributed by atoms with Crippen molar-refractivity contribution < 1.29 is 5.11 Å². The molecule has 4 nitrogen and oxygen atoms in total. The monoisotopic (exact) mass is 160 g/mol. The van der Waals surface area contributed by atoms with Crippen LogP contribution in [0.2, 0.25) is 0 Å². The summed E-state index contributed by atoms with van der Waals surface area (Å²) in [6, 6.07) is 0. The van der Waals surface area contributed by atoms with Gasteiger partial charge in [0.05, 0.1) is 5.29 Å². The Morgan fingerprint density at radius 3 is 2.45 bits per heavy atom. The average molecular weight is 160 g/mol. The standard InChI is InChI=1S/C7H16N2O2/c1-9(8-11)6-4-2-3-5-7-10/h10H,2-7H2,1H3. The molecule has 66 valence electrons. The van der Waals surface area contributed by atoms with Crippen LogP contribution in [-0.4, -0.2) is 30.3 Å². The van der Waals surface area contributed by atoms with Crippen molar-refractivity contribution in [1.82, 2.24) is 5.01 Å². The highest BCUT2D eigenvalue weighted by Crippen LogP contribution is 1.99. The topological polar surface area (TPSA) is 52.9 Å². The SMILES string of the molecule is CN(CCCCCCO)N=O. The number of nitroso groups, excluding NO2 is 1. The van der Waals surface area contributed by atoms with Crippen LogP contribution < -0.4 is 0 Å². The molecule has 11 heavy (non-hydrogen) atoms. The van der Waals surface area contributed by atoms with E-state index in [2.05, 4.69) is 5.29 Å². The van der Waals surface area contributed by atoms with Gasteiger partial charge >= 0.3 is 0 Å². The first-order valence-electron chi connectivity index (χ1n) is 3.96. The van der Waals surface area contributed by atoms with Crippen molar-refractivity contribution in [3.8, 4) is 0 Å². The summed E-state index contributed by atoms with van der Waals surface area (Å²) in [5.74, 6) is 0. The van der Waals surface area contributed by atoms with E-state index in [1.807, 2.05) is 0 Å². The Morgan fingerprint density at radius 1 is 1.27 bits per heavy atom. The van der Waals surface area contributed by atoms with Crippen LogP contribution in [0.4, 0.5) is 0 Å². The van der Waals surface area contributed by atoms with Crippen molar-refractivity contribution in [3.63, 3.8) is 0 Å². The zero-order valence-electron chi connectivity index (χ0n) is 6.99. The van der Waals surface area contributed by atoms with Gasteiger partial charge in [0.25, 0.3) is 0 Å². The molecule has 0 aliphatic carbocycles. The van der Waals surface area contributed by atoms with Gasteiger partial charge in [-0.15, -0.1) is 4.91 Å². The van der Waals surface area contributed by atoms with Crippen LogP contribution in [0, 0.1) is 4.91 Å². The van der Waals surface area contributed by atoms with Crippen molar-refractivity contribution >= 4 is 0 Å². The quantitative estimate of drug-likeness (QED) is 0.345. The van der Waals surface area contributed by atoms with E-state index in [1.54, 1.807) is 7.05 Å². The van der Waals surface area contributed by atoms with Crippen molar-refractivity contribution in [2.75, 3.05) is 20.2 Å². The zero-order valence-corrected chi connectivity index (χ0v) is 6.99. The Balaban J connectivity index is 2.95. The third-order valence-corrected chi connectivity index (χ3v) is 1.53. The van der Waals surface area contributed by atoms with E-state index in [1.165, 1.54) is 5.01 Å². The molecule has 0 fully saturated rings. The normalized spacial score (nSPS) is 9.64. The molecule has 0 saturated carbocycles. The molecule has 1 N–H and O–H groups in total. The van der Waals surface area contributed by atoms with Crippen LogP contribution in [-0.2, 0) is 0 Å². The van der Waals surface area contributed by atoms with Gasteiger partial charge in [0.1, 0.15) is 0 Å². The lowest BCUT2D eigenvalue weighted by molar-refractivity contribution is 0.279. The summed E-state index contributed by atoms with van der Waals surface area (Å²) in [5, 5.41) is 12.6.